The van der Waals surface area contributed by atoms with E-state index < -0.39 is 28.4 Å². The van der Waals surface area contributed by atoms with Gasteiger partial charge in [0.25, 0.3) is 10.0 Å². The first-order valence-corrected chi connectivity index (χ1v) is 9.59. The van der Waals surface area contributed by atoms with Gasteiger partial charge in [-0.1, -0.05) is 11.6 Å². The highest BCUT2D eigenvalue weighted by molar-refractivity contribution is 7.92. The van der Waals surface area contributed by atoms with Crippen molar-refractivity contribution in [1.82, 2.24) is 0 Å². The van der Waals surface area contributed by atoms with Gasteiger partial charge in [0.1, 0.15) is 25.6 Å². The Labute approximate surface area is 160 Å². The first kappa shape index (κ1) is 19.2. The fourth-order valence-corrected chi connectivity index (χ4v) is 4.04. The molecule has 1 aliphatic heterocycles. The Morgan fingerprint density at radius 1 is 1.19 bits per heavy atom. The fraction of sp³-hybridized carbons (Fsp3) is 0.235. The van der Waals surface area contributed by atoms with Gasteiger partial charge in [0.05, 0.1) is 22.7 Å². The number of fused-ring (bicyclic) bond motifs is 1. The SMILES string of the molecule is COC(=O)CN(c1ccc(F)c(Cl)c1)S(=O)(=O)c1ccc2c(c1)OCCO2. The van der Waals surface area contributed by atoms with Gasteiger partial charge in [0, 0.05) is 6.07 Å². The first-order valence-electron chi connectivity index (χ1n) is 7.77. The van der Waals surface area contributed by atoms with E-state index in [0.29, 0.717) is 12.4 Å². The van der Waals surface area contributed by atoms with Crippen LogP contribution in [0.15, 0.2) is 41.3 Å². The Morgan fingerprint density at radius 3 is 2.56 bits per heavy atom. The maximum Gasteiger partial charge on any atom is 0.326 e. The largest absolute Gasteiger partial charge is 0.486 e. The zero-order chi connectivity index (χ0) is 19.6. The number of esters is 1. The normalized spacial score (nSPS) is 13.1. The molecule has 0 bridgehead atoms. The van der Waals surface area contributed by atoms with Gasteiger partial charge in [-0.25, -0.2) is 12.8 Å². The van der Waals surface area contributed by atoms with Crippen molar-refractivity contribution in [2.24, 2.45) is 0 Å². The van der Waals surface area contributed by atoms with E-state index in [1.54, 1.807) is 0 Å². The molecule has 1 aliphatic rings. The summed E-state index contributed by atoms with van der Waals surface area (Å²) in [5, 5.41) is -0.278. The zero-order valence-electron chi connectivity index (χ0n) is 14.1. The van der Waals surface area contributed by atoms with Crippen molar-refractivity contribution in [3.8, 4) is 11.5 Å². The standard InChI is InChI=1S/C17H15ClFNO6S/c1-24-17(21)10-20(11-2-4-14(19)13(18)8-11)27(22,23)12-3-5-15-16(9-12)26-7-6-25-15/h2-5,8-9H,6-7,10H2,1H3. The molecule has 1 heterocycles. The summed E-state index contributed by atoms with van der Waals surface area (Å²) >= 11 is 5.77. The number of carbonyl (C=O) groups is 1. The summed E-state index contributed by atoms with van der Waals surface area (Å²) in [6.45, 7) is 0.0345. The minimum atomic E-state index is -4.21. The molecule has 0 atom stereocenters. The van der Waals surface area contributed by atoms with E-state index in [1.165, 1.54) is 24.3 Å². The lowest BCUT2D eigenvalue weighted by molar-refractivity contribution is -0.138. The second-order valence-electron chi connectivity index (χ2n) is 5.49. The lowest BCUT2D eigenvalue weighted by Gasteiger charge is -2.25. The van der Waals surface area contributed by atoms with Gasteiger partial charge in [0.15, 0.2) is 11.5 Å². The number of carbonyl (C=O) groups excluding carboxylic acids is 1. The Balaban J connectivity index is 2.06. The summed E-state index contributed by atoms with van der Waals surface area (Å²) in [5.41, 5.74) is 0.0155. The average molecular weight is 416 g/mol. The van der Waals surface area contributed by atoms with E-state index in [2.05, 4.69) is 4.74 Å². The Morgan fingerprint density at radius 2 is 1.89 bits per heavy atom. The number of anilines is 1. The van der Waals surface area contributed by atoms with Crippen molar-refractivity contribution in [2.75, 3.05) is 31.2 Å². The molecule has 3 rings (SSSR count). The molecule has 0 unspecified atom stereocenters. The van der Waals surface area contributed by atoms with Crippen LogP contribution in [0.3, 0.4) is 0 Å². The summed E-state index contributed by atoms with van der Waals surface area (Å²) in [6.07, 6.45) is 0. The van der Waals surface area contributed by atoms with Crippen LogP contribution in [-0.2, 0) is 19.6 Å². The van der Waals surface area contributed by atoms with Crippen molar-refractivity contribution in [2.45, 2.75) is 4.90 Å². The predicted octanol–water partition coefficient (Wildman–Crippen LogP) is 2.62. The zero-order valence-corrected chi connectivity index (χ0v) is 15.7. The molecule has 0 amide bonds. The number of methoxy groups -OCH3 is 1. The van der Waals surface area contributed by atoms with Crippen molar-refractivity contribution >= 4 is 33.3 Å². The van der Waals surface area contributed by atoms with Gasteiger partial charge in [-0.05, 0) is 30.3 Å². The number of hydrogen-bond acceptors (Lipinski definition) is 6. The molecule has 2 aromatic carbocycles. The summed E-state index contributed by atoms with van der Waals surface area (Å²) in [7, 11) is -3.07. The van der Waals surface area contributed by atoms with Crippen LogP contribution in [0.5, 0.6) is 11.5 Å². The Kier molecular flexibility index (Phi) is 5.43. The molecule has 0 aliphatic carbocycles. The van der Waals surface area contributed by atoms with E-state index in [9.17, 15) is 17.6 Å². The highest BCUT2D eigenvalue weighted by Gasteiger charge is 2.29. The third kappa shape index (κ3) is 3.93. The van der Waals surface area contributed by atoms with Crippen LogP contribution in [0.25, 0.3) is 0 Å². The summed E-state index contributed by atoms with van der Waals surface area (Å²) in [5.74, 6) is -0.811. The molecule has 2 aromatic rings. The molecule has 0 fully saturated rings. The smallest absolute Gasteiger partial charge is 0.326 e. The minimum Gasteiger partial charge on any atom is -0.486 e. The van der Waals surface area contributed by atoms with E-state index >= 15 is 0 Å². The topological polar surface area (TPSA) is 82.1 Å². The van der Waals surface area contributed by atoms with Gasteiger partial charge in [-0.3, -0.25) is 9.10 Å². The first-order chi connectivity index (χ1) is 12.8. The molecule has 27 heavy (non-hydrogen) atoms. The third-order valence-corrected chi connectivity index (χ3v) is 5.85. The van der Waals surface area contributed by atoms with Crippen molar-refractivity contribution in [1.29, 1.82) is 0 Å². The van der Waals surface area contributed by atoms with Crippen LogP contribution in [0.2, 0.25) is 5.02 Å². The molecule has 0 spiro atoms. The number of sulfonamides is 1. The summed E-state index contributed by atoms with van der Waals surface area (Å²) in [6, 6.07) is 7.45. The van der Waals surface area contributed by atoms with Crippen LogP contribution in [0.4, 0.5) is 10.1 Å². The highest BCUT2D eigenvalue weighted by atomic mass is 35.5. The van der Waals surface area contributed by atoms with E-state index in [0.717, 1.165) is 23.5 Å². The Bertz CT molecular complexity index is 981. The Hall–Kier alpha value is -2.52. The number of hydrogen-bond donors (Lipinski definition) is 0. The minimum absolute atomic E-state index is 0.0155. The molecule has 0 radical (unpaired) electrons. The average Bonchev–Trinajstić information content (AvgIpc) is 2.67. The van der Waals surface area contributed by atoms with E-state index in [-0.39, 0.29) is 28.0 Å². The van der Waals surface area contributed by atoms with Crippen LogP contribution in [-0.4, -0.2) is 41.3 Å². The third-order valence-electron chi connectivity index (χ3n) is 3.79. The second-order valence-corrected chi connectivity index (χ2v) is 7.76. The van der Waals surface area contributed by atoms with Crippen molar-refractivity contribution in [3.05, 3.63) is 47.2 Å². The number of halogens is 2. The van der Waals surface area contributed by atoms with Crippen LogP contribution < -0.4 is 13.8 Å². The molecule has 0 aromatic heterocycles. The lowest BCUT2D eigenvalue weighted by Crippen LogP contribution is -2.36. The molecule has 10 heteroatoms. The molecular weight excluding hydrogens is 401 g/mol. The number of nitrogens with zero attached hydrogens (tertiary/aromatic N) is 1. The molecule has 0 saturated heterocycles. The van der Waals surface area contributed by atoms with Crippen LogP contribution in [0.1, 0.15) is 0 Å². The van der Waals surface area contributed by atoms with Gasteiger partial charge >= 0.3 is 5.97 Å². The molecular formula is C17H15ClFNO6S. The maximum absolute atomic E-state index is 13.5. The van der Waals surface area contributed by atoms with Crippen LogP contribution >= 0.6 is 11.6 Å². The highest BCUT2D eigenvalue weighted by Crippen LogP contribution is 2.34. The number of ether oxygens (including phenoxy) is 3. The summed E-state index contributed by atoms with van der Waals surface area (Å²) in [4.78, 5) is 11.6. The number of benzene rings is 2. The molecule has 0 saturated carbocycles. The molecule has 0 N–H and O–H groups in total. The molecule has 7 nitrogen and oxygen atoms in total. The van der Waals surface area contributed by atoms with Crippen LogP contribution in [0, 0.1) is 5.82 Å². The van der Waals surface area contributed by atoms with Gasteiger partial charge in [-0.15, -0.1) is 0 Å². The number of rotatable bonds is 5. The maximum atomic E-state index is 13.5. The van der Waals surface area contributed by atoms with Gasteiger partial charge in [-0.2, -0.15) is 0 Å². The van der Waals surface area contributed by atoms with E-state index in [4.69, 9.17) is 21.1 Å². The van der Waals surface area contributed by atoms with E-state index in [1.807, 2.05) is 0 Å². The van der Waals surface area contributed by atoms with Gasteiger partial charge < -0.3 is 14.2 Å². The second kappa shape index (κ2) is 7.61. The summed E-state index contributed by atoms with van der Waals surface area (Å²) < 4.78 is 55.9. The fourth-order valence-electron chi connectivity index (χ4n) is 2.45. The van der Waals surface area contributed by atoms with Crippen molar-refractivity contribution in [3.63, 3.8) is 0 Å². The lowest BCUT2D eigenvalue weighted by atomic mass is 10.3. The predicted molar refractivity (Wildman–Crippen MR) is 95.4 cm³/mol. The monoisotopic (exact) mass is 415 g/mol. The molecule has 144 valence electrons. The van der Waals surface area contributed by atoms with Gasteiger partial charge in [0.2, 0.25) is 0 Å². The quantitative estimate of drug-likeness (QED) is 0.698. The van der Waals surface area contributed by atoms with Crippen molar-refractivity contribution < 1.29 is 31.8 Å².